The Bertz CT molecular complexity index is 919. The zero-order chi connectivity index (χ0) is 19.9. The smallest absolute Gasteiger partial charge is 0.268 e. The molecule has 0 aromatic heterocycles. The van der Waals surface area contributed by atoms with Gasteiger partial charge in [0.1, 0.15) is 11.4 Å². The molecule has 2 N–H and O–H groups in total. The molecule has 1 heterocycles. The number of amides is 2. The summed E-state index contributed by atoms with van der Waals surface area (Å²) in [4.78, 5) is 25.1. The molecule has 1 aliphatic rings. The molecule has 7 heteroatoms. The Labute approximate surface area is 162 Å². The molecule has 7 nitrogen and oxygen atoms in total. The second-order valence-corrected chi connectivity index (χ2v) is 5.85. The maximum Gasteiger partial charge on any atom is 0.268 e. The normalized spacial score (nSPS) is 12.2. The van der Waals surface area contributed by atoms with Gasteiger partial charge in [-0.25, -0.2) is 0 Å². The van der Waals surface area contributed by atoms with E-state index in [0.29, 0.717) is 28.4 Å². The predicted octanol–water partition coefficient (Wildman–Crippen LogP) is 2.50. The third-order valence-electron chi connectivity index (χ3n) is 3.96. The second-order valence-electron chi connectivity index (χ2n) is 5.85. The van der Waals surface area contributed by atoms with E-state index in [0.717, 1.165) is 0 Å². The highest BCUT2D eigenvalue weighted by molar-refractivity contribution is 6.05. The molecule has 2 aromatic carbocycles. The molecule has 0 fully saturated rings. The number of carbonyl (C=O) groups excluding carboxylic acids is 2. The first-order valence-corrected chi connectivity index (χ1v) is 8.56. The van der Waals surface area contributed by atoms with Crippen molar-refractivity contribution in [3.8, 4) is 17.2 Å². The first-order chi connectivity index (χ1) is 13.6. The lowest BCUT2D eigenvalue weighted by molar-refractivity contribution is -0.117. The maximum atomic E-state index is 12.6. The molecule has 0 saturated carbocycles. The SMILES string of the molecule is C=CCNC(=O)/C(=C/c1ccc2c(c1)OCO2)NC(=O)c1ccc(OC)cc1. The minimum Gasteiger partial charge on any atom is -0.497 e. The summed E-state index contributed by atoms with van der Waals surface area (Å²) in [7, 11) is 1.55. The van der Waals surface area contributed by atoms with Gasteiger partial charge >= 0.3 is 0 Å². The molecule has 144 valence electrons. The van der Waals surface area contributed by atoms with Crippen LogP contribution in [0.15, 0.2) is 60.8 Å². The number of methoxy groups -OCH3 is 1. The molecule has 2 amide bonds. The van der Waals surface area contributed by atoms with Crippen LogP contribution in [-0.4, -0.2) is 32.3 Å². The highest BCUT2D eigenvalue weighted by Crippen LogP contribution is 2.33. The molecule has 0 saturated heterocycles. The Morgan fingerprint density at radius 3 is 2.61 bits per heavy atom. The average Bonchev–Trinajstić information content (AvgIpc) is 3.19. The van der Waals surface area contributed by atoms with Crippen molar-refractivity contribution in [3.05, 3.63) is 71.9 Å². The summed E-state index contributed by atoms with van der Waals surface area (Å²) in [5, 5.41) is 5.32. The fourth-order valence-electron chi connectivity index (χ4n) is 2.52. The van der Waals surface area contributed by atoms with E-state index in [4.69, 9.17) is 14.2 Å². The van der Waals surface area contributed by atoms with E-state index < -0.39 is 11.8 Å². The van der Waals surface area contributed by atoms with Crippen molar-refractivity contribution in [3.63, 3.8) is 0 Å². The lowest BCUT2D eigenvalue weighted by Crippen LogP contribution is -2.34. The number of hydrogen-bond acceptors (Lipinski definition) is 5. The van der Waals surface area contributed by atoms with Crippen LogP contribution in [0.2, 0.25) is 0 Å². The summed E-state index contributed by atoms with van der Waals surface area (Å²) < 4.78 is 15.7. The van der Waals surface area contributed by atoms with Crippen molar-refractivity contribution in [1.29, 1.82) is 0 Å². The van der Waals surface area contributed by atoms with Crippen LogP contribution in [0.5, 0.6) is 17.2 Å². The van der Waals surface area contributed by atoms with E-state index in [1.165, 1.54) is 0 Å². The summed E-state index contributed by atoms with van der Waals surface area (Å²) in [6.45, 7) is 4.01. The Balaban J connectivity index is 1.84. The standard InChI is InChI=1S/C21H20N2O5/c1-3-10-22-21(25)17(11-14-4-9-18-19(12-14)28-13-27-18)23-20(24)15-5-7-16(26-2)8-6-15/h3-9,11-12H,1,10,13H2,2H3,(H,22,25)(H,23,24)/b17-11-. The Hall–Kier alpha value is -3.74. The van der Waals surface area contributed by atoms with E-state index in [9.17, 15) is 9.59 Å². The molecule has 0 radical (unpaired) electrons. The fraction of sp³-hybridized carbons (Fsp3) is 0.143. The summed E-state index contributed by atoms with van der Waals surface area (Å²) in [5.74, 6) is 1.01. The highest BCUT2D eigenvalue weighted by Gasteiger charge is 2.16. The molecule has 28 heavy (non-hydrogen) atoms. The molecule has 0 atom stereocenters. The van der Waals surface area contributed by atoms with Crippen molar-refractivity contribution < 1.29 is 23.8 Å². The summed E-state index contributed by atoms with van der Waals surface area (Å²) in [6, 6.07) is 11.8. The first kappa shape index (κ1) is 19.0. The lowest BCUT2D eigenvalue weighted by Gasteiger charge is -2.11. The Kier molecular flexibility index (Phi) is 5.96. The van der Waals surface area contributed by atoms with Crippen LogP contribution < -0.4 is 24.8 Å². The summed E-state index contributed by atoms with van der Waals surface area (Å²) in [5.41, 5.74) is 1.18. The van der Waals surface area contributed by atoms with Crippen LogP contribution >= 0.6 is 0 Å². The van der Waals surface area contributed by atoms with Gasteiger partial charge < -0.3 is 24.8 Å². The number of benzene rings is 2. The third-order valence-corrected chi connectivity index (χ3v) is 3.96. The number of fused-ring (bicyclic) bond motifs is 1. The topological polar surface area (TPSA) is 85.9 Å². The molecule has 3 rings (SSSR count). The quantitative estimate of drug-likeness (QED) is 0.569. The number of rotatable bonds is 7. The van der Waals surface area contributed by atoms with Gasteiger partial charge in [0, 0.05) is 12.1 Å². The average molecular weight is 380 g/mol. The maximum absolute atomic E-state index is 12.6. The van der Waals surface area contributed by atoms with Gasteiger partial charge in [-0.2, -0.15) is 0 Å². The molecule has 0 bridgehead atoms. The number of carbonyl (C=O) groups is 2. The van der Waals surface area contributed by atoms with Gasteiger partial charge in [0.15, 0.2) is 11.5 Å². The van der Waals surface area contributed by atoms with Crippen LogP contribution in [0.4, 0.5) is 0 Å². The van der Waals surface area contributed by atoms with Crippen LogP contribution in [-0.2, 0) is 4.79 Å². The van der Waals surface area contributed by atoms with E-state index in [1.807, 2.05) is 0 Å². The zero-order valence-electron chi connectivity index (χ0n) is 15.4. The van der Waals surface area contributed by atoms with Crippen LogP contribution in [0.25, 0.3) is 6.08 Å². The first-order valence-electron chi connectivity index (χ1n) is 8.56. The molecule has 1 aliphatic heterocycles. The van der Waals surface area contributed by atoms with Gasteiger partial charge in [-0.3, -0.25) is 9.59 Å². The van der Waals surface area contributed by atoms with Gasteiger partial charge in [-0.1, -0.05) is 12.1 Å². The molecule has 2 aromatic rings. The minimum atomic E-state index is -0.431. The third kappa shape index (κ3) is 4.50. The van der Waals surface area contributed by atoms with E-state index in [-0.39, 0.29) is 19.0 Å². The number of ether oxygens (including phenoxy) is 3. The Morgan fingerprint density at radius 2 is 1.89 bits per heavy atom. The van der Waals surface area contributed by atoms with Crippen molar-refractivity contribution in [2.75, 3.05) is 20.4 Å². The zero-order valence-corrected chi connectivity index (χ0v) is 15.4. The van der Waals surface area contributed by atoms with Crippen molar-refractivity contribution in [1.82, 2.24) is 10.6 Å². The van der Waals surface area contributed by atoms with Crippen molar-refractivity contribution in [2.24, 2.45) is 0 Å². The van der Waals surface area contributed by atoms with Crippen LogP contribution in [0.3, 0.4) is 0 Å². The van der Waals surface area contributed by atoms with Gasteiger partial charge in [0.2, 0.25) is 6.79 Å². The lowest BCUT2D eigenvalue weighted by atomic mass is 10.1. The predicted molar refractivity (Wildman–Crippen MR) is 104 cm³/mol. The molecule has 0 spiro atoms. The fourth-order valence-corrected chi connectivity index (χ4v) is 2.52. The largest absolute Gasteiger partial charge is 0.497 e. The van der Waals surface area contributed by atoms with E-state index in [1.54, 1.807) is 61.7 Å². The molecule has 0 unspecified atom stereocenters. The van der Waals surface area contributed by atoms with Crippen molar-refractivity contribution >= 4 is 17.9 Å². The summed E-state index contributed by atoms with van der Waals surface area (Å²) >= 11 is 0. The van der Waals surface area contributed by atoms with Crippen LogP contribution in [0.1, 0.15) is 15.9 Å². The number of nitrogens with one attached hydrogen (secondary N) is 2. The van der Waals surface area contributed by atoms with E-state index >= 15 is 0 Å². The van der Waals surface area contributed by atoms with Gasteiger partial charge in [0.05, 0.1) is 7.11 Å². The molecular weight excluding hydrogens is 360 g/mol. The molecule has 0 aliphatic carbocycles. The Morgan fingerprint density at radius 1 is 1.14 bits per heavy atom. The minimum absolute atomic E-state index is 0.0986. The summed E-state index contributed by atoms with van der Waals surface area (Å²) in [6.07, 6.45) is 3.13. The van der Waals surface area contributed by atoms with Gasteiger partial charge in [-0.15, -0.1) is 6.58 Å². The van der Waals surface area contributed by atoms with Crippen LogP contribution in [0, 0.1) is 0 Å². The van der Waals surface area contributed by atoms with Crippen molar-refractivity contribution in [2.45, 2.75) is 0 Å². The molecular formula is C21H20N2O5. The van der Waals surface area contributed by atoms with E-state index in [2.05, 4.69) is 17.2 Å². The van der Waals surface area contributed by atoms with Gasteiger partial charge in [-0.05, 0) is 48.0 Å². The highest BCUT2D eigenvalue weighted by atomic mass is 16.7. The van der Waals surface area contributed by atoms with Gasteiger partial charge in [0.25, 0.3) is 11.8 Å². The second kappa shape index (κ2) is 8.77. The number of hydrogen-bond donors (Lipinski definition) is 2. The monoisotopic (exact) mass is 380 g/mol.